The number of hydrogen-bond donors (Lipinski definition) is 1. The van der Waals surface area contributed by atoms with E-state index in [0.29, 0.717) is 0 Å². The molecule has 0 aromatic heterocycles. The quantitative estimate of drug-likeness (QED) is 0.832. The predicted octanol–water partition coefficient (Wildman–Crippen LogP) is 4.27. The topological polar surface area (TPSA) is 12.0 Å². The van der Waals surface area contributed by atoms with Crippen LogP contribution >= 0.6 is 23.5 Å². The molecule has 1 N–H and O–H groups in total. The highest BCUT2D eigenvalue weighted by atomic mass is 32.2. The zero-order valence-electron chi connectivity index (χ0n) is 13.0. The Hall–Kier alpha value is 0.660. The van der Waals surface area contributed by atoms with E-state index in [4.69, 9.17) is 0 Å². The van der Waals surface area contributed by atoms with Crippen LogP contribution in [0.4, 0.5) is 0 Å². The molecule has 0 bridgehead atoms. The molecular weight excluding hydrogens is 270 g/mol. The van der Waals surface area contributed by atoms with Gasteiger partial charge >= 0.3 is 0 Å². The van der Waals surface area contributed by atoms with Crippen LogP contribution in [0.1, 0.15) is 47.0 Å². The summed E-state index contributed by atoms with van der Waals surface area (Å²) in [5, 5.41) is 5.49. The molecule has 1 saturated carbocycles. The number of thioether (sulfide) groups is 2. The molecular formula is C16H31NS2. The third-order valence-electron chi connectivity index (χ3n) is 5.18. The zero-order valence-corrected chi connectivity index (χ0v) is 14.7. The first kappa shape index (κ1) is 16.0. The molecule has 2 fully saturated rings. The summed E-state index contributed by atoms with van der Waals surface area (Å²) in [6.07, 6.45) is 4.32. The first-order valence-corrected chi connectivity index (χ1v) is 10.2. The SMILES string of the molecule is CCNC(C1CCC(C)C(C)C1)C1SCCSC1C. The van der Waals surface area contributed by atoms with Gasteiger partial charge in [-0.15, -0.1) is 0 Å². The van der Waals surface area contributed by atoms with Gasteiger partial charge in [0.05, 0.1) is 0 Å². The molecule has 0 aromatic carbocycles. The fourth-order valence-electron chi connectivity index (χ4n) is 3.75. The third-order valence-corrected chi connectivity index (χ3v) is 8.39. The van der Waals surface area contributed by atoms with Crippen LogP contribution in [-0.2, 0) is 0 Å². The maximum atomic E-state index is 3.85. The molecule has 112 valence electrons. The Balaban J connectivity index is 2.02. The molecule has 1 aliphatic heterocycles. The second-order valence-electron chi connectivity index (χ2n) is 6.52. The summed E-state index contributed by atoms with van der Waals surface area (Å²) < 4.78 is 0. The Morgan fingerprint density at radius 3 is 2.42 bits per heavy atom. The van der Waals surface area contributed by atoms with Crippen molar-refractivity contribution in [1.29, 1.82) is 0 Å². The van der Waals surface area contributed by atoms with E-state index < -0.39 is 0 Å². The summed E-state index contributed by atoms with van der Waals surface area (Å²) in [6.45, 7) is 10.7. The van der Waals surface area contributed by atoms with Gasteiger partial charge in [0.1, 0.15) is 0 Å². The van der Waals surface area contributed by atoms with E-state index >= 15 is 0 Å². The van der Waals surface area contributed by atoms with E-state index in [1.807, 2.05) is 0 Å². The van der Waals surface area contributed by atoms with Crippen molar-refractivity contribution in [2.75, 3.05) is 18.1 Å². The van der Waals surface area contributed by atoms with E-state index in [-0.39, 0.29) is 0 Å². The van der Waals surface area contributed by atoms with Gasteiger partial charge in [0.2, 0.25) is 0 Å². The van der Waals surface area contributed by atoms with Gasteiger partial charge in [-0.2, -0.15) is 23.5 Å². The standard InChI is InChI=1S/C16H31NS2/c1-5-17-15(16-13(4)18-8-9-19-16)14-7-6-11(2)12(3)10-14/h11-17H,5-10H2,1-4H3. The molecule has 1 nitrogen and oxygen atoms in total. The van der Waals surface area contributed by atoms with Gasteiger partial charge in [0.25, 0.3) is 0 Å². The summed E-state index contributed by atoms with van der Waals surface area (Å²) in [6, 6.07) is 0.743. The Morgan fingerprint density at radius 1 is 1.05 bits per heavy atom. The maximum absolute atomic E-state index is 3.85. The third kappa shape index (κ3) is 4.07. The van der Waals surface area contributed by atoms with Crippen LogP contribution in [-0.4, -0.2) is 34.6 Å². The first-order valence-electron chi connectivity index (χ1n) is 8.10. The molecule has 0 spiro atoms. The van der Waals surface area contributed by atoms with Crippen LogP contribution in [0.3, 0.4) is 0 Å². The summed E-state index contributed by atoms with van der Waals surface area (Å²) in [5.74, 6) is 5.45. The molecule has 6 atom stereocenters. The molecule has 0 radical (unpaired) electrons. The second kappa shape index (κ2) is 7.61. The number of hydrogen-bond acceptors (Lipinski definition) is 3. The van der Waals surface area contributed by atoms with Crippen molar-refractivity contribution in [3.8, 4) is 0 Å². The van der Waals surface area contributed by atoms with Crippen LogP contribution in [0.15, 0.2) is 0 Å². The second-order valence-corrected chi connectivity index (χ2v) is 9.29. The number of rotatable bonds is 4. The van der Waals surface area contributed by atoms with Crippen LogP contribution < -0.4 is 5.32 Å². The Labute approximate surface area is 128 Å². The van der Waals surface area contributed by atoms with E-state index in [1.165, 1.54) is 30.8 Å². The lowest BCUT2D eigenvalue weighted by atomic mass is 9.72. The molecule has 6 unspecified atom stereocenters. The highest BCUT2D eigenvalue weighted by Crippen LogP contribution is 2.41. The number of nitrogens with one attached hydrogen (secondary N) is 1. The molecule has 0 amide bonds. The summed E-state index contributed by atoms with van der Waals surface area (Å²) in [5.41, 5.74) is 0. The van der Waals surface area contributed by atoms with Crippen molar-refractivity contribution in [1.82, 2.24) is 5.32 Å². The van der Waals surface area contributed by atoms with Gasteiger partial charge in [-0.3, -0.25) is 0 Å². The summed E-state index contributed by atoms with van der Waals surface area (Å²) in [4.78, 5) is 0. The van der Waals surface area contributed by atoms with Gasteiger partial charge in [0.15, 0.2) is 0 Å². The van der Waals surface area contributed by atoms with Crippen LogP contribution in [0.5, 0.6) is 0 Å². The minimum Gasteiger partial charge on any atom is -0.313 e. The Morgan fingerprint density at radius 2 is 1.79 bits per heavy atom. The van der Waals surface area contributed by atoms with Crippen molar-refractivity contribution in [2.24, 2.45) is 17.8 Å². The van der Waals surface area contributed by atoms with Crippen LogP contribution in [0, 0.1) is 17.8 Å². The van der Waals surface area contributed by atoms with E-state index in [2.05, 4.69) is 56.5 Å². The largest absolute Gasteiger partial charge is 0.313 e. The van der Waals surface area contributed by atoms with Crippen molar-refractivity contribution >= 4 is 23.5 Å². The van der Waals surface area contributed by atoms with Crippen molar-refractivity contribution < 1.29 is 0 Å². The smallest absolute Gasteiger partial charge is 0.0320 e. The highest BCUT2D eigenvalue weighted by molar-refractivity contribution is 8.07. The molecule has 19 heavy (non-hydrogen) atoms. The average molecular weight is 302 g/mol. The Bertz CT molecular complexity index is 271. The van der Waals surface area contributed by atoms with Gasteiger partial charge in [0, 0.05) is 28.0 Å². The van der Waals surface area contributed by atoms with Crippen molar-refractivity contribution in [3.63, 3.8) is 0 Å². The zero-order chi connectivity index (χ0) is 13.8. The highest BCUT2D eigenvalue weighted by Gasteiger charge is 2.37. The minimum atomic E-state index is 0.743. The molecule has 1 aliphatic carbocycles. The maximum Gasteiger partial charge on any atom is 0.0320 e. The molecule has 2 rings (SSSR count). The average Bonchev–Trinajstić information content (AvgIpc) is 2.40. The normalized spacial score (nSPS) is 42.0. The molecule has 2 aliphatic rings. The molecule has 1 saturated heterocycles. The monoisotopic (exact) mass is 301 g/mol. The molecule has 3 heteroatoms. The molecule has 1 heterocycles. The lowest BCUT2D eigenvalue weighted by Crippen LogP contribution is -2.50. The van der Waals surface area contributed by atoms with E-state index in [0.717, 1.165) is 40.8 Å². The molecule has 0 aromatic rings. The van der Waals surface area contributed by atoms with Crippen LogP contribution in [0.2, 0.25) is 0 Å². The van der Waals surface area contributed by atoms with Crippen molar-refractivity contribution in [2.45, 2.75) is 63.5 Å². The lowest BCUT2D eigenvalue weighted by molar-refractivity contribution is 0.169. The van der Waals surface area contributed by atoms with Crippen molar-refractivity contribution in [3.05, 3.63) is 0 Å². The first-order chi connectivity index (χ1) is 9.13. The van der Waals surface area contributed by atoms with Gasteiger partial charge in [-0.25, -0.2) is 0 Å². The fraction of sp³-hybridized carbons (Fsp3) is 1.00. The van der Waals surface area contributed by atoms with Gasteiger partial charge in [-0.1, -0.05) is 34.1 Å². The Kier molecular flexibility index (Phi) is 6.42. The lowest BCUT2D eigenvalue weighted by Gasteiger charge is -2.43. The summed E-state index contributed by atoms with van der Waals surface area (Å²) in [7, 11) is 0. The fourth-order valence-corrected chi connectivity index (χ4v) is 6.79. The predicted molar refractivity (Wildman–Crippen MR) is 91.3 cm³/mol. The van der Waals surface area contributed by atoms with Gasteiger partial charge in [-0.05, 0) is 37.1 Å². The van der Waals surface area contributed by atoms with E-state index in [9.17, 15) is 0 Å². The van der Waals surface area contributed by atoms with E-state index in [1.54, 1.807) is 0 Å². The van der Waals surface area contributed by atoms with Crippen LogP contribution in [0.25, 0.3) is 0 Å². The van der Waals surface area contributed by atoms with Gasteiger partial charge < -0.3 is 5.32 Å². The minimum absolute atomic E-state index is 0.743. The summed E-state index contributed by atoms with van der Waals surface area (Å²) >= 11 is 4.42.